The van der Waals surface area contributed by atoms with Gasteiger partial charge in [-0.1, -0.05) is 46.4 Å². The number of hydrogen-bond donors (Lipinski definition) is 0. The van der Waals surface area contributed by atoms with Crippen molar-refractivity contribution < 1.29 is 0 Å². The molecule has 0 spiro atoms. The predicted molar refractivity (Wildman–Crippen MR) is 47.2 cm³/mol. The Bertz CT molecular complexity index is 180. The summed E-state index contributed by atoms with van der Waals surface area (Å²) in [5.41, 5.74) is 1.70. The summed E-state index contributed by atoms with van der Waals surface area (Å²) < 4.78 is -2.19. The van der Waals surface area contributed by atoms with E-state index in [0.717, 1.165) is 11.1 Å². The first-order chi connectivity index (χ1) is 4.32. The molecule has 0 aromatic rings. The van der Waals surface area contributed by atoms with Gasteiger partial charge in [0.25, 0.3) is 0 Å². The van der Waals surface area contributed by atoms with E-state index in [-0.39, 0.29) is 0 Å². The molecule has 0 saturated heterocycles. The van der Waals surface area contributed by atoms with Crippen LogP contribution in [0.2, 0.25) is 0 Å². The Morgan fingerprint density at radius 2 is 1.00 bits per heavy atom. The molecule has 0 unspecified atom stereocenters. The van der Waals surface area contributed by atoms with E-state index in [1.165, 1.54) is 0 Å². The molecule has 0 atom stereocenters. The van der Waals surface area contributed by atoms with E-state index < -0.39 is 8.67 Å². The largest absolute Gasteiger partial charge is 0.175 e. The molecule has 0 nitrogen and oxygen atoms in total. The summed E-state index contributed by atoms with van der Waals surface area (Å²) in [6.07, 6.45) is 0. The molecule has 0 amide bonds. The Labute approximate surface area is 80.1 Å². The molecule has 0 bridgehead atoms. The molecule has 0 aromatic heterocycles. The quantitative estimate of drug-likeness (QED) is 0.431. The lowest BCUT2D eigenvalue weighted by Crippen LogP contribution is -2.48. The van der Waals surface area contributed by atoms with Crippen molar-refractivity contribution in [3.8, 4) is 0 Å². The molecular weight excluding hydrogens is 214 g/mol. The zero-order valence-electron chi connectivity index (χ0n) is 5.51. The van der Waals surface area contributed by atoms with Gasteiger partial charge in [-0.2, -0.15) is 0 Å². The van der Waals surface area contributed by atoms with Crippen LogP contribution in [0.1, 0.15) is 13.8 Å². The molecule has 0 radical (unpaired) electrons. The summed E-state index contributed by atoms with van der Waals surface area (Å²) in [5.74, 6) is 0. The van der Waals surface area contributed by atoms with Crippen molar-refractivity contribution in [2.24, 2.45) is 0 Å². The molecule has 0 heterocycles. The van der Waals surface area contributed by atoms with Gasteiger partial charge >= 0.3 is 0 Å². The molecule has 4 heteroatoms. The summed E-state index contributed by atoms with van der Waals surface area (Å²) in [7, 11) is 0. The van der Waals surface area contributed by atoms with Gasteiger partial charge in [0, 0.05) is 0 Å². The van der Waals surface area contributed by atoms with Crippen LogP contribution in [-0.4, -0.2) is 8.67 Å². The van der Waals surface area contributed by atoms with Gasteiger partial charge in [-0.05, 0) is 25.0 Å². The minimum atomic E-state index is -1.10. The zero-order valence-corrected chi connectivity index (χ0v) is 8.54. The third kappa shape index (κ3) is 0.828. The lowest BCUT2D eigenvalue weighted by atomic mass is 9.88. The van der Waals surface area contributed by atoms with Gasteiger partial charge in [-0.15, -0.1) is 0 Å². The van der Waals surface area contributed by atoms with E-state index in [0.29, 0.717) is 0 Å². The van der Waals surface area contributed by atoms with Crippen LogP contribution in [0.25, 0.3) is 0 Å². The Hall–Kier alpha value is 0.900. The van der Waals surface area contributed by atoms with E-state index in [9.17, 15) is 0 Å². The number of alkyl halides is 4. The summed E-state index contributed by atoms with van der Waals surface area (Å²) in [6.45, 7) is 3.64. The van der Waals surface area contributed by atoms with Crippen molar-refractivity contribution in [3.63, 3.8) is 0 Å². The van der Waals surface area contributed by atoms with Crippen LogP contribution in [0.15, 0.2) is 11.1 Å². The fourth-order valence-electron chi connectivity index (χ4n) is 0.879. The first-order valence-electron chi connectivity index (χ1n) is 2.76. The number of halogens is 4. The highest BCUT2D eigenvalue weighted by Gasteiger charge is 2.58. The third-order valence-electron chi connectivity index (χ3n) is 1.90. The Morgan fingerprint density at radius 1 is 0.800 bits per heavy atom. The highest BCUT2D eigenvalue weighted by Crippen LogP contribution is 2.60. The molecule has 0 N–H and O–H groups in total. The van der Waals surface area contributed by atoms with E-state index in [2.05, 4.69) is 0 Å². The van der Waals surface area contributed by atoms with Gasteiger partial charge < -0.3 is 0 Å². The van der Waals surface area contributed by atoms with E-state index >= 15 is 0 Å². The summed E-state index contributed by atoms with van der Waals surface area (Å²) in [6, 6.07) is 0. The third-order valence-corrected chi connectivity index (χ3v) is 4.55. The fraction of sp³-hybridized carbons (Fsp3) is 0.667. The second-order valence-corrected chi connectivity index (χ2v) is 5.05. The lowest BCUT2D eigenvalue weighted by Gasteiger charge is -2.45. The first kappa shape index (κ1) is 8.99. The van der Waals surface area contributed by atoms with Crippen molar-refractivity contribution in [2.45, 2.75) is 22.5 Å². The topological polar surface area (TPSA) is 0 Å². The molecule has 0 aliphatic heterocycles. The molecule has 1 aliphatic rings. The number of allylic oxidation sites excluding steroid dienone is 2. The van der Waals surface area contributed by atoms with Crippen LogP contribution in [0.5, 0.6) is 0 Å². The first-order valence-corrected chi connectivity index (χ1v) is 4.27. The molecule has 58 valence electrons. The van der Waals surface area contributed by atoms with Gasteiger partial charge in [0.05, 0.1) is 0 Å². The zero-order chi connectivity index (χ0) is 8.15. The Balaban J connectivity index is 3.10. The monoisotopic (exact) mass is 218 g/mol. The van der Waals surface area contributed by atoms with Crippen LogP contribution in [-0.2, 0) is 0 Å². The van der Waals surface area contributed by atoms with Gasteiger partial charge in [0.1, 0.15) is 0 Å². The predicted octanol–water partition coefficient (Wildman–Crippen LogP) is 3.68. The minimum Gasteiger partial charge on any atom is -0.0929 e. The molecule has 10 heavy (non-hydrogen) atoms. The van der Waals surface area contributed by atoms with Crippen LogP contribution in [0, 0.1) is 0 Å². The van der Waals surface area contributed by atoms with Gasteiger partial charge in [0.15, 0.2) is 8.67 Å². The molecular formula is C6H6Cl4. The molecule has 1 aliphatic carbocycles. The minimum absolute atomic E-state index is 0.848. The highest BCUT2D eigenvalue weighted by molar-refractivity contribution is 6.67. The van der Waals surface area contributed by atoms with Crippen LogP contribution < -0.4 is 0 Å². The van der Waals surface area contributed by atoms with E-state index in [1.54, 1.807) is 0 Å². The maximum absolute atomic E-state index is 5.79. The molecule has 0 saturated carbocycles. The van der Waals surface area contributed by atoms with Crippen molar-refractivity contribution in [3.05, 3.63) is 11.1 Å². The summed E-state index contributed by atoms with van der Waals surface area (Å²) in [4.78, 5) is 0. The summed E-state index contributed by atoms with van der Waals surface area (Å²) >= 11 is 23.1. The average molecular weight is 220 g/mol. The standard InChI is InChI=1S/C6H6Cl4/c1-3-4(2)6(9,10)5(3,7)8/h1-2H3. The van der Waals surface area contributed by atoms with Crippen molar-refractivity contribution in [2.75, 3.05) is 0 Å². The normalized spacial score (nSPS) is 28.2. The molecule has 1 rings (SSSR count). The maximum atomic E-state index is 5.79. The molecule has 0 fully saturated rings. The van der Waals surface area contributed by atoms with Crippen LogP contribution in [0.4, 0.5) is 0 Å². The fourth-order valence-corrected chi connectivity index (χ4v) is 2.01. The van der Waals surface area contributed by atoms with Crippen molar-refractivity contribution in [1.29, 1.82) is 0 Å². The maximum Gasteiger partial charge on any atom is 0.175 e. The SMILES string of the molecule is CC1=C(C)C(Cl)(Cl)C1(Cl)Cl. The Morgan fingerprint density at radius 3 is 1.10 bits per heavy atom. The van der Waals surface area contributed by atoms with Gasteiger partial charge in [-0.3, -0.25) is 0 Å². The van der Waals surface area contributed by atoms with Crippen molar-refractivity contribution >= 4 is 46.4 Å². The summed E-state index contributed by atoms with van der Waals surface area (Å²) in [5, 5.41) is 0. The van der Waals surface area contributed by atoms with Crippen LogP contribution >= 0.6 is 46.4 Å². The Kier molecular flexibility index (Phi) is 1.97. The molecule has 0 aromatic carbocycles. The second-order valence-electron chi connectivity index (χ2n) is 2.40. The van der Waals surface area contributed by atoms with Gasteiger partial charge in [0.2, 0.25) is 0 Å². The number of rotatable bonds is 0. The van der Waals surface area contributed by atoms with E-state index in [4.69, 9.17) is 46.4 Å². The average Bonchev–Trinajstić information content (AvgIpc) is 1.84. The lowest BCUT2D eigenvalue weighted by molar-refractivity contribution is 0.700. The second kappa shape index (κ2) is 2.20. The van der Waals surface area contributed by atoms with Crippen LogP contribution in [0.3, 0.4) is 0 Å². The number of hydrogen-bond acceptors (Lipinski definition) is 0. The van der Waals surface area contributed by atoms with Crippen molar-refractivity contribution in [1.82, 2.24) is 0 Å². The smallest absolute Gasteiger partial charge is 0.0929 e. The highest BCUT2D eigenvalue weighted by atomic mass is 35.5. The van der Waals surface area contributed by atoms with Gasteiger partial charge in [-0.25, -0.2) is 0 Å². The van der Waals surface area contributed by atoms with E-state index in [1.807, 2.05) is 13.8 Å².